The first-order valence-corrected chi connectivity index (χ1v) is 8.70. The number of unbranched alkanes of at least 4 members (excludes halogenated alkanes) is 1. The van der Waals surface area contributed by atoms with E-state index < -0.39 is 0 Å². The van der Waals surface area contributed by atoms with Crippen LogP contribution in [0.1, 0.15) is 54.9 Å². The van der Waals surface area contributed by atoms with Crippen molar-refractivity contribution >= 4 is 11.7 Å². The number of Topliss-reactive ketones (excluding diaryl/α,β-unsaturated/α-hetero) is 1. The molecule has 0 bridgehead atoms. The Labute approximate surface area is 139 Å². The van der Waals surface area contributed by atoms with E-state index in [0.717, 1.165) is 25.9 Å². The van der Waals surface area contributed by atoms with E-state index in [2.05, 4.69) is 12.2 Å². The third kappa shape index (κ3) is 5.17. The second-order valence-corrected chi connectivity index (χ2v) is 6.37. The van der Waals surface area contributed by atoms with Crippen LogP contribution in [0.25, 0.3) is 0 Å². The van der Waals surface area contributed by atoms with Gasteiger partial charge in [0.2, 0.25) is 5.91 Å². The maximum absolute atomic E-state index is 12.2. The molecule has 1 amide bonds. The Bertz CT molecular complexity index is 519. The number of hydrogen-bond donors (Lipinski definition) is 1. The summed E-state index contributed by atoms with van der Waals surface area (Å²) >= 11 is 0. The van der Waals surface area contributed by atoms with Crippen LogP contribution in [0.2, 0.25) is 0 Å². The van der Waals surface area contributed by atoms with Crippen molar-refractivity contribution in [3.05, 3.63) is 35.4 Å². The molecule has 0 radical (unpaired) electrons. The lowest BCUT2D eigenvalue weighted by Gasteiger charge is -2.23. The van der Waals surface area contributed by atoms with Crippen LogP contribution in [-0.4, -0.2) is 42.8 Å². The van der Waals surface area contributed by atoms with Gasteiger partial charge in [-0.25, -0.2) is 0 Å². The summed E-state index contributed by atoms with van der Waals surface area (Å²) in [5.74, 6) is 0.116. The number of rotatable bonds is 8. The molecule has 1 aromatic rings. The zero-order valence-corrected chi connectivity index (χ0v) is 14.3. The largest absolute Gasteiger partial charge is 0.341 e. The van der Waals surface area contributed by atoms with Gasteiger partial charge in [0, 0.05) is 38.0 Å². The molecule has 4 nitrogen and oxygen atoms in total. The van der Waals surface area contributed by atoms with Gasteiger partial charge in [-0.1, -0.05) is 37.6 Å². The minimum absolute atomic E-state index is 0.0540. The van der Waals surface area contributed by atoms with E-state index in [1.807, 2.05) is 31.3 Å². The molecular weight excluding hydrogens is 288 g/mol. The lowest BCUT2D eigenvalue weighted by molar-refractivity contribution is -0.131. The average molecular weight is 316 g/mol. The molecule has 1 fully saturated rings. The molecule has 23 heavy (non-hydrogen) atoms. The number of likely N-dealkylation sites (N-methyl/N-ethyl adjacent to an activating group) is 1. The number of hydrogen-bond acceptors (Lipinski definition) is 3. The van der Waals surface area contributed by atoms with Gasteiger partial charge in [-0.15, -0.1) is 0 Å². The molecule has 0 spiro atoms. The summed E-state index contributed by atoms with van der Waals surface area (Å²) in [6.07, 6.45) is 4.98. The van der Waals surface area contributed by atoms with Crippen LogP contribution in [0.3, 0.4) is 0 Å². The van der Waals surface area contributed by atoms with Gasteiger partial charge >= 0.3 is 0 Å². The number of carbonyl (C=O) groups excluding carboxylic acids is 2. The molecule has 0 saturated carbocycles. The molecule has 1 saturated heterocycles. The first-order chi connectivity index (χ1) is 11.1. The molecule has 1 unspecified atom stereocenters. The van der Waals surface area contributed by atoms with Crippen molar-refractivity contribution in [2.24, 2.45) is 0 Å². The summed E-state index contributed by atoms with van der Waals surface area (Å²) in [5.41, 5.74) is 1.98. The minimum atomic E-state index is 0.0540. The molecule has 0 aromatic heterocycles. The van der Waals surface area contributed by atoms with E-state index >= 15 is 0 Å². The summed E-state index contributed by atoms with van der Waals surface area (Å²) in [6.45, 7) is 3.99. The molecule has 126 valence electrons. The van der Waals surface area contributed by atoms with Gasteiger partial charge in [0.15, 0.2) is 5.78 Å². The number of aryl methyl sites for hydroxylation is 1. The molecule has 1 aliphatic rings. The summed E-state index contributed by atoms with van der Waals surface area (Å²) < 4.78 is 0. The summed E-state index contributed by atoms with van der Waals surface area (Å²) in [7, 11) is 1.84. The fourth-order valence-corrected chi connectivity index (χ4v) is 2.95. The van der Waals surface area contributed by atoms with Crippen molar-refractivity contribution in [2.75, 3.05) is 20.1 Å². The number of carbonyl (C=O) groups is 2. The molecule has 1 atom stereocenters. The van der Waals surface area contributed by atoms with E-state index in [1.165, 1.54) is 18.4 Å². The molecule has 2 rings (SSSR count). The van der Waals surface area contributed by atoms with Crippen LogP contribution in [-0.2, 0) is 11.2 Å². The maximum Gasteiger partial charge on any atom is 0.223 e. The van der Waals surface area contributed by atoms with Gasteiger partial charge in [-0.3, -0.25) is 9.59 Å². The Morgan fingerprint density at radius 1 is 1.22 bits per heavy atom. The van der Waals surface area contributed by atoms with Gasteiger partial charge in [-0.05, 0) is 31.4 Å². The lowest BCUT2D eigenvalue weighted by Crippen LogP contribution is -2.38. The fourth-order valence-electron chi connectivity index (χ4n) is 2.95. The second kappa shape index (κ2) is 8.82. The minimum Gasteiger partial charge on any atom is -0.341 e. The second-order valence-electron chi connectivity index (χ2n) is 6.37. The van der Waals surface area contributed by atoms with Gasteiger partial charge < -0.3 is 10.2 Å². The number of nitrogens with zero attached hydrogens (tertiary/aromatic N) is 1. The molecule has 1 N–H and O–H groups in total. The van der Waals surface area contributed by atoms with E-state index in [1.54, 1.807) is 4.90 Å². The average Bonchev–Trinajstić information content (AvgIpc) is 3.11. The third-order valence-electron chi connectivity index (χ3n) is 4.64. The van der Waals surface area contributed by atoms with Gasteiger partial charge in [0.05, 0.1) is 0 Å². The van der Waals surface area contributed by atoms with Gasteiger partial charge in [-0.2, -0.15) is 0 Å². The molecule has 4 heteroatoms. The molecule has 1 aliphatic heterocycles. The highest BCUT2D eigenvalue weighted by Gasteiger charge is 2.23. The van der Waals surface area contributed by atoms with Crippen LogP contribution in [0, 0.1) is 0 Å². The van der Waals surface area contributed by atoms with Crippen LogP contribution < -0.4 is 5.32 Å². The highest BCUT2D eigenvalue weighted by atomic mass is 16.2. The normalized spacial score (nSPS) is 17.2. The summed E-state index contributed by atoms with van der Waals surface area (Å²) in [6, 6.07) is 8.11. The molecule has 0 aliphatic carbocycles. The number of amides is 1. The first-order valence-electron chi connectivity index (χ1n) is 8.70. The van der Waals surface area contributed by atoms with Gasteiger partial charge in [0.1, 0.15) is 0 Å². The fraction of sp³-hybridized carbons (Fsp3) is 0.579. The number of ketones is 1. The highest BCUT2D eigenvalue weighted by molar-refractivity contribution is 5.98. The van der Waals surface area contributed by atoms with E-state index in [0.29, 0.717) is 12.0 Å². The lowest BCUT2D eigenvalue weighted by atomic mass is 10.0. The standard InChI is InChI=1S/C19H28N2O2/c1-3-4-5-15-6-8-16(9-7-15)18(22)10-11-19(23)21(2)17-12-13-20-14-17/h6-9,17,20H,3-5,10-14H2,1-2H3. The van der Waals surface area contributed by atoms with Crippen molar-refractivity contribution in [1.82, 2.24) is 10.2 Å². The number of nitrogens with one attached hydrogen (secondary N) is 1. The quantitative estimate of drug-likeness (QED) is 0.750. The van der Waals surface area contributed by atoms with Crippen molar-refractivity contribution in [1.29, 1.82) is 0 Å². The van der Waals surface area contributed by atoms with Crippen molar-refractivity contribution < 1.29 is 9.59 Å². The van der Waals surface area contributed by atoms with E-state index in [-0.39, 0.29) is 24.2 Å². The molecule has 1 heterocycles. The van der Waals surface area contributed by atoms with Crippen LogP contribution in [0.4, 0.5) is 0 Å². The third-order valence-corrected chi connectivity index (χ3v) is 4.64. The van der Waals surface area contributed by atoms with Crippen LogP contribution in [0.15, 0.2) is 24.3 Å². The Morgan fingerprint density at radius 2 is 1.96 bits per heavy atom. The monoisotopic (exact) mass is 316 g/mol. The Morgan fingerprint density at radius 3 is 2.57 bits per heavy atom. The van der Waals surface area contributed by atoms with Crippen molar-refractivity contribution in [2.45, 2.75) is 51.5 Å². The van der Waals surface area contributed by atoms with Crippen LogP contribution in [0.5, 0.6) is 0 Å². The Balaban J connectivity index is 1.80. The van der Waals surface area contributed by atoms with Crippen molar-refractivity contribution in [3.8, 4) is 0 Å². The van der Waals surface area contributed by atoms with E-state index in [4.69, 9.17) is 0 Å². The van der Waals surface area contributed by atoms with Gasteiger partial charge in [0.25, 0.3) is 0 Å². The molecular formula is C19H28N2O2. The SMILES string of the molecule is CCCCc1ccc(C(=O)CCC(=O)N(C)C2CCNC2)cc1. The van der Waals surface area contributed by atoms with E-state index in [9.17, 15) is 9.59 Å². The predicted molar refractivity (Wildman–Crippen MR) is 92.7 cm³/mol. The highest BCUT2D eigenvalue weighted by Crippen LogP contribution is 2.13. The molecule has 1 aromatic carbocycles. The Kier molecular flexibility index (Phi) is 6.78. The predicted octanol–water partition coefficient (Wildman–Crippen LogP) is 2.81. The maximum atomic E-state index is 12.2. The summed E-state index contributed by atoms with van der Waals surface area (Å²) in [4.78, 5) is 26.2. The smallest absolute Gasteiger partial charge is 0.223 e. The van der Waals surface area contributed by atoms with Crippen molar-refractivity contribution in [3.63, 3.8) is 0 Å². The Hall–Kier alpha value is -1.68. The summed E-state index contributed by atoms with van der Waals surface area (Å²) in [5, 5.41) is 3.26. The number of benzene rings is 1. The zero-order valence-electron chi connectivity index (χ0n) is 14.3. The zero-order chi connectivity index (χ0) is 16.7. The first kappa shape index (κ1) is 17.7. The topological polar surface area (TPSA) is 49.4 Å². The van der Waals surface area contributed by atoms with Crippen LogP contribution >= 0.6 is 0 Å².